The summed E-state index contributed by atoms with van der Waals surface area (Å²) >= 11 is 0. The normalized spacial score (nSPS) is 14.5. The van der Waals surface area contributed by atoms with E-state index in [1.54, 1.807) is 0 Å². The molecule has 17 nitrogen and oxygen atoms in total. The van der Waals surface area contributed by atoms with E-state index >= 15 is 0 Å². The minimum atomic E-state index is -5.00. The van der Waals surface area contributed by atoms with E-state index in [9.17, 15) is 43.2 Å². The van der Waals surface area contributed by atoms with Crippen molar-refractivity contribution in [2.75, 3.05) is 39.6 Å². The van der Waals surface area contributed by atoms with E-state index in [4.69, 9.17) is 37.0 Å². The molecule has 0 aromatic heterocycles. The second-order valence-electron chi connectivity index (χ2n) is 26.3. The van der Waals surface area contributed by atoms with Gasteiger partial charge in [-0.25, -0.2) is 9.13 Å². The van der Waals surface area contributed by atoms with Gasteiger partial charge in [-0.2, -0.15) is 0 Å². The fourth-order valence-corrected chi connectivity index (χ4v) is 11.9. The SMILES string of the molecule is CC/C=C\C/C=C\C/C=C\C/C=C\C/C=C\C/C=C\CCC(=O)O[C@H](COC(=O)CCCCCCCCCCCCCCC)COP(=O)(O)OC[C@H](O)COP(=O)(O)OC[C@@H](COC(=O)CCCCCCC/C=C\C/C=C\CCCCC)OC(=O)CCCCCCC/C=C\C/C=C\CCCCC. The van der Waals surface area contributed by atoms with E-state index in [-0.39, 0.29) is 25.7 Å². The zero-order valence-electron chi connectivity index (χ0n) is 64.0. The lowest BCUT2D eigenvalue weighted by molar-refractivity contribution is -0.161. The Labute approximate surface area is 619 Å². The zero-order chi connectivity index (χ0) is 74.6. The number of hydrogen-bond donors (Lipinski definition) is 3. The van der Waals surface area contributed by atoms with Crippen LogP contribution >= 0.6 is 15.6 Å². The molecule has 0 aromatic carbocycles. The molecular formula is C83H142O17P2. The average Bonchev–Trinajstić information content (AvgIpc) is 0.924. The van der Waals surface area contributed by atoms with Crippen LogP contribution in [0.25, 0.3) is 0 Å². The van der Waals surface area contributed by atoms with Gasteiger partial charge in [-0.3, -0.25) is 37.3 Å². The number of carbonyl (C=O) groups is 4. The van der Waals surface area contributed by atoms with E-state index in [0.29, 0.717) is 32.1 Å². The number of allylic oxidation sites excluding steroid dienone is 20. The third-order valence-electron chi connectivity index (χ3n) is 16.4. The number of unbranched alkanes of at least 4 members (excludes halogenated alkanes) is 28. The van der Waals surface area contributed by atoms with Gasteiger partial charge < -0.3 is 33.8 Å². The Morgan fingerprint density at radius 2 is 0.529 bits per heavy atom. The maximum absolute atomic E-state index is 13.1. The van der Waals surface area contributed by atoms with Crippen molar-refractivity contribution in [1.82, 2.24) is 0 Å². The van der Waals surface area contributed by atoms with Crippen LogP contribution in [0.15, 0.2) is 122 Å². The van der Waals surface area contributed by atoms with Gasteiger partial charge >= 0.3 is 39.5 Å². The van der Waals surface area contributed by atoms with Crippen molar-refractivity contribution in [3.8, 4) is 0 Å². The van der Waals surface area contributed by atoms with Gasteiger partial charge in [-0.1, -0.05) is 290 Å². The third-order valence-corrected chi connectivity index (χ3v) is 18.3. The van der Waals surface area contributed by atoms with Crippen molar-refractivity contribution in [1.29, 1.82) is 0 Å². The molecule has 0 fully saturated rings. The van der Waals surface area contributed by atoms with Crippen molar-refractivity contribution >= 4 is 39.5 Å². The third kappa shape index (κ3) is 73.8. The van der Waals surface area contributed by atoms with E-state index in [1.807, 2.05) is 18.2 Å². The molecule has 0 rings (SSSR count). The summed E-state index contributed by atoms with van der Waals surface area (Å²) < 4.78 is 68.5. The van der Waals surface area contributed by atoms with Gasteiger partial charge in [0.15, 0.2) is 12.2 Å². The molecule has 0 heterocycles. The van der Waals surface area contributed by atoms with Crippen LogP contribution in [0.3, 0.4) is 0 Å². The number of rotatable bonds is 74. The van der Waals surface area contributed by atoms with E-state index in [0.717, 1.165) is 148 Å². The number of aliphatic hydroxyl groups excluding tert-OH is 1. The molecule has 0 saturated carbocycles. The summed E-state index contributed by atoms with van der Waals surface area (Å²) in [5, 5.41) is 10.6. The van der Waals surface area contributed by atoms with Crippen LogP contribution in [0.4, 0.5) is 0 Å². The zero-order valence-corrected chi connectivity index (χ0v) is 65.8. The van der Waals surface area contributed by atoms with E-state index in [2.05, 4.69) is 131 Å². The maximum Gasteiger partial charge on any atom is 0.472 e. The van der Waals surface area contributed by atoms with Crippen LogP contribution in [-0.4, -0.2) is 96.7 Å². The lowest BCUT2D eigenvalue weighted by Crippen LogP contribution is -2.30. The number of phosphoric acid groups is 2. The van der Waals surface area contributed by atoms with Crippen molar-refractivity contribution in [3.63, 3.8) is 0 Å². The first-order valence-corrected chi connectivity index (χ1v) is 42.8. The topological polar surface area (TPSA) is 237 Å². The fraction of sp³-hybridized carbons (Fsp3) is 0.711. The summed E-state index contributed by atoms with van der Waals surface area (Å²) in [5.74, 6) is -2.29. The molecule has 3 N–H and O–H groups in total. The molecule has 0 saturated heterocycles. The van der Waals surface area contributed by atoms with Gasteiger partial charge in [0.25, 0.3) is 0 Å². The standard InChI is InChI=1S/C83H142O17P2/c1-5-9-13-17-21-25-29-33-36-37-38-39-42-46-50-54-58-62-66-70-83(88)100-78(73-93-80(85)67-63-59-55-51-47-43-32-28-24-20-16-12-8-4)75-97-101(89,90)95-71-77(84)72-96-102(91,92)98-76-79(99-82(87)69-65-61-57-53-49-45-41-35-31-27-23-19-15-11-7-3)74-94-81(86)68-64-60-56-52-48-44-40-34-30-26-22-18-14-10-6-2/h9,13,21-23,25-27,33-36,38-41,46,50,58,62,77-79,84H,5-8,10-12,14-20,24,28-32,37,42-45,47-49,51-57,59-61,63-76H2,1-4H3,(H,89,90)(H,91,92)/b13-9-,25-21-,26-22-,27-23-,36-33-,39-38-,40-34-,41-35-,50-46-,62-58-/t77-,78+,79+/m0/s1. The first-order valence-electron chi connectivity index (χ1n) is 39.8. The monoisotopic (exact) mass is 1470 g/mol. The number of phosphoric ester groups is 2. The van der Waals surface area contributed by atoms with Crippen LogP contribution < -0.4 is 0 Å². The molecule has 0 bridgehead atoms. The first-order chi connectivity index (χ1) is 49.7. The molecule has 0 aromatic rings. The van der Waals surface area contributed by atoms with Crippen LogP contribution in [0, 0.1) is 0 Å². The first kappa shape index (κ1) is 97.5. The Morgan fingerprint density at radius 3 is 0.863 bits per heavy atom. The minimum Gasteiger partial charge on any atom is -0.462 e. The Morgan fingerprint density at radius 1 is 0.284 bits per heavy atom. The van der Waals surface area contributed by atoms with Gasteiger partial charge in [0.1, 0.15) is 19.3 Å². The highest BCUT2D eigenvalue weighted by molar-refractivity contribution is 7.47. The van der Waals surface area contributed by atoms with Crippen LogP contribution in [0.1, 0.15) is 323 Å². The van der Waals surface area contributed by atoms with Crippen LogP contribution in [-0.2, 0) is 65.4 Å². The summed E-state index contributed by atoms with van der Waals surface area (Å²) in [4.78, 5) is 72.9. The summed E-state index contributed by atoms with van der Waals surface area (Å²) in [5.41, 5.74) is 0. The highest BCUT2D eigenvalue weighted by atomic mass is 31.2. The number of ether oxygens (including phenoxy) is 4. The molecule has 0 aliphatic heterocycles. The Hall–Kier alpha value is -4.54. The molecule has 586 valence electrons. The van der Waals surface area contributed by atoms with Crippen molar-refractivity contribution < 1.29 is 80.2 Å². The second kappa shape index (κ2) is 74.7. The second-order valence-corrected chi connectivity index (χ2v) is 29.2. The summed E-state index contributed by atoms with van der Waals surface area (Å²) in [7, 11) is -9.99. The number of carbonyl (C=O) groups excluding carboxylic acids is 4. The molecule has 19 heteroatoms. The van der Waals surface area contributed by atoms with Gasteiger partial charge in [0.05, 0.1) is 26.4 Å². The van der Waals surface area contributed by atoms with Gasteiger partial charge in [-0.15, -0.1) is 0 Å². The molecule has 102 heavy (non-hydrogen) atoms. The van der Waals surface area contributed by atoms with E-state index < -0.39 is 97.5 Å². The molecule has 0 aliphatic rings. The molecule has 0 radical (unpaired) electrons. The molecule has 2 unspecified atom stereocenters. The van der Waals surface area contributed by atoms with Gasteiger partial charge in [0, 0.05) is 25.7 Å². The quantitative estimate of drug-likeness (QED) is 0.0169. The molecule has 0 amide bonds. The number of aliphatic hydroxyl groups is 1. The van der Waals surface area contributed by atoms with Gasteiger partial charge in [0.2, 0.25) is 0 Å². The number of hydrogen-bond acceptors (Lipinski definition) is 15. The van der Waals surface area contributed by atoms with Crippen molar-refractivity contribution in [2.24, 2.45) is 0 Å². The smallest absolute Gasteiger partial charge is 0.462 e. The highest BCUT2D eigenvalue weighted by Crippen LogP contribution is 2.45. The van der Waals surface area contributed by atoms with Crippen LogP contribution in [0.5, 0.6) is 0 Å². The summed E-state index contributed by atoms with van der Waals surface area (Å²) in [6, 6.07) is 0. The largest absolute Gasteiger partial charge is 0.472 e. The van der Waals surface area contributed by atoms with Crippen LogP contribution in [0.2, 0.25) is 0 Å². The van der Waals surface area contributed by atoms with Crippen molar-refractivity contribution in [2.45, 2.75) is 341 Å². The molecule has 5 atom stereocenters. The number of esters is 4. The summed E-state index contributed by atoms with van der Waals surface area (Å²) in [6.45, 7) is 4.61. The Kier molecular flexibility index (Phi) is 71.4. The minimum absolute atomic E-state index is 0.0308. The fourth-order valence-electron chi connectivity index (χ4n) is 10.4. The van der Waals surface area contributed by atoms with E-state index in [1.165, 1.54) is 89.9 Å². The lowest BCUT2D eigenvalue weighted by atomic mass is 10.0. The Balaban J connectivity index is 5.44. The predicted molar refractivity (Wildman–Crippen MR) is 418 cm³/mol. The Bertz CT molecular complexity index is 2410. The van der Waals surface area contributed by atoms with Gasteiger partial charge in [-0.05, 0) is 128 Å². The molecule has 0 spiro atoms. The molecule has 0 aliphatic carbocycles. The average molecular weight is 1470 g/mol. The lowest BCUT2D eigenvalue weighted by Gasteiger charge is -2.21. The summed E-state index contributed by atoms with van der Waals surface area (Å²) in [6.07, 6.45) is 81.9. The predicted octanol–water partition coefficient (Wildman–Crippen LogP) is 23.1. The van der Waals surface area contributed by atoms with Crippen molar-refractivity contribution in [3.05, 3.63) is 122 Å². The molecular weight excluding hydrogens is 1330 g/mol. The highest BCUT2D eigenvalue weighted by Gasteiger charge is 2.30. The maximum atomic E-state index is 13.1.